The maximum absolute atomic E-state index is 13.8. The highest BCUT2D eigenvalue weighted by atomic mass is 32.1. The second kappa shape index (κ2) is 7.58. The number of rotatable bonds is 4. The fraction of sp³-hybridized carbons (Fsp3) is 0.211. The van der Waals surface area contributed by atoms with Crippen molar-refractivity contribution in [2.75, 3.05) is 5.32 Å². The van der Waals surface area contributed by atoms with Crippen LogP contribution in [0.3, 0.4) is 0 Å². The van der Waals surface area contributed by atoms with Gasteiger partial charge in [0.15, 0.2) is 5.13 Å². The molecule has 30 heavy (non-hydrogen) atoms. The number of halogens is 1. The Labute approximate surface area is 177 Å². The van der Waals surface area contributed by atoms with Crippen molar-refractivity contribution >= 4 is 44.1 Å². The smallest absolute Gasteiger partial charge is 0.302 e. The number of carbonyl (C=O) groups excluding carboxylic acids is 1. The lowest BCUT2D eigenvalue weighted by Gasteiger charge is -2.04. The van der Waals surface area contributed by atoms with E-state index in [-0.39, 0.29) is 17.6 Å². The molecule has 0 spiro atoms. The van der Waals surface area contributed by atoms with Gasteiger partial charge in [-0.25, -0.2) is 14.2 Å². The minimum Gasteiger partial charge on any atom is -0.302 e. The molecule has 0 aliphatic carbocycles. The van der Waals surface area contributed by atoms with Crippen LogP contribution in [0.25, 0.3) is 21.5 Å². The number of aryl methyl sites for hydroxylation is 2. The predicted octanol–water partition coefficient (Wildman–Crippen LogP) is 2.45. The highest BCUT2D eigenvalue weighted by Gasteiger charge is 2.19. The topological polar surface area (TPSA) is 98.9 Å². The summed E-state index contributed by atoms with van der Waals surface area (Å²) >= 11 is 2.22. The standard InChI is InChI=1S/C19H16FN5O3S2/c1-9-4-5-10(6-11(9)20)13-8-29-18(21-13)22-14(26)7-12-15-16(27)24(2)19(28)25(3)17(15)30-23-12/h4-6,8H,7H2,1-3H3,(H,21,22,26). The van der Waals surface area contributed by atoms with Crippen LogP contribution in [0.4, 0.5) is 9.52 Å². The summed E-state index contributed by atoms with van der Waals surface area (Å²) in [6.45, 7) is 1.68. The molecule has 0 aliphatic heterocycles. The van der Waals surface area contributed by atoms with E-state index in [4.69, 9.17) is 0 Å². The summed E-state index contributed by atoms with van der Waals surface area (Å²) in [6, 6.07) is 4.83. The van der Waals surface area contributed by atoms with Crippen LogP contribution in [0, 0.1) is 12.7 Å². The molecular weight excluding hydrogens is 429 g/mol. The first-order chi connectivity index (χ1) is 14.3. The zero-order valence-electron chi connectivity index (χ0n) is 16.2. The molecule has 3 aromatic heterocycles. The Hall–Kier alpha value is -3.18. The molecule has 0 fully saturated rings. The van der Waals surface area contributed by atoms with Gasteiger partial charge in [0.25, 0.3) is 5.56 Å². The molecule has 154 valence electrons. The van der Waals surface area contributed by atoms with Crippen molar-refractivity contribution in [2.24, 2.45) is 14.1 Å². The van der Waals surface area contributed by atoms with Crippen molar-refractivity contribution in [1.29, 1.82) is 0 Å². The lowest BCUT2D eigenvalue weighted by Crippen LogP contribution is -2.36. The first-order valence-corrected chi connectivity index (χ1v) is 10.5. The number of hydrogen-bond donors (Lipinski definition) is 1. The fourth-order valence-electron chi connectivity index (χ4n) is 2.98. The third kappa shape index (κ3) is 3.46. The van der Waals surface area contributed by atoms with Gasteiger partial charge in [0.1, 0.15) is 10.6 Å². The molecular formula is C19H16FN5O3S2. The quantitative estimate of drug-likeness (QED) is 0.520. The van der Waals surface area contributed by atoms with Crippen LogP contribution in [0.5, 0.6) is 0 Å². The van der Waals surface area contributed by atoms with E-state index in [1.165, 1.54) is 29.0 Å². The van der Waals surface area contributed by atoms with Gasteiger partial charge in [0, 0.05) is 25.0 Å². The molecule has 0 saturated carbocycles. The molecule has 0 atom stereocenters. The molecule has 3 heterocycles. The van der Waals surface area contributed by atoms with Gasteiger partial charge >= 0.3 is 5.69 Å². The zero-order chi connectivity index (χ0) is 21.6. The summed E-state index contributed by atoms with van der Waals surface area (Å²) in [6.07, 6.45) is -0.137. The molecule has 4 rings (SSSR count). The number of fused-ring (bicyclic) bond motifs is 1. The largest absolute Gasteiger partial charge is 0.331 e. The zero-order valence-corrected chi connectivity index (χ0v) is 17.9. The van der Waals surface area contributed by atoms with Gasteiger partial charge in [-0.05, 0) is 30.1 Å². The lowest BCUT2D eigenvalue weighted by atomic mass is 10.1. The average molecular weight is 446 g/mol. The number of amides is 1. The molecule has 0 bridgehead atoms. The number of thiazole rings is 1. The highest BCUT2D eigenvalue weighted by molar-refractivity contribution is 7.14. The van der Waals surface area contributed by atoms with Crippen LogP contribution in [0.2, 0.25) is 0 Å². The number of anilines is 1. The van der Waals surface area contributed by atoms with E-state index in [2.05, 4.69) is 14.7 Å². The Bertz CT molecular complexity index is 1420. The van der Waals surface area contributed by atoms with Crippen molar-refractivity contribution in [3.63, 3.8) is 0 Å². The third-order valence-corrected chi connectivity index (χ3v) is 6.41. The summed E-state index contributed by atoms with van der Waals surface area (Å²) < 4.78 is 20.3. The summed E-state index contributed by atoms with van der Waals surface area (Å²) in [4.78, 5) is 41.8. The van der Waals surface area contributed by atoms with Crippen molar-refractivity contribution in [3.8, 4) is 11.3 Å². The number of hydrogen-bond acceptors (Lipinski definition) is 7. The molecule has 1 aromatic carbocycles. The van der Waals surface area contributed by atoms with Gasteiger partial charge < -0.3 is 5.32 Å². The number of aromatic nitrogens is 4. The maximum Gasteiger partial charge on any atom is 0.331 e. The Morgan fingerprint density at radius 1 is 1.23 bits per heavy atom. The van der Waals surface area contributed by atoms with Crippen molar-refractivity contribution in [1.82, 2.24) is 18.5 Å². The normalized spacial score (nSPS) is 11.2. The highest BCUT2D eigenvalue weighted by Crippen LogP contribution is 2.26. The van der Waals surface area contributed by atoms with Gasteiger partial charge in [-0.3, -0.25) is 18.7 Å². The van der Waals surface area contributed by atoms with Crippen molar-refractivity contribution in [3.05, 3.63) is 61.5 Å². The van der Waals surface area contributed by atoms with E-state index in [0.29, 0.717) is 32.5 Å². The Balaban J connectivity index is 1.56. The lowest BCUT2D eigenvalue weighted by molar-refractivity contribution is -0.115. The summed E-state index contributed by atoms with van der Waals surface area (Å²) in [5.74, 6) is -0.716. The molecule has 0 radical (unpaired) electrons. The molecule has 1 N–H and O–H groups in total. The van der Waals surface area contributed by atoms with E-state index < -0.39 is 17.2 Å². The monoisotopic (exact) mass is 445 g/mol. The summed E-state index contributed by atoms with van der Waals surface area (Å²) in [5.41, 5.74) is 1.09. The third-order valence-electron chi connectivity index (χ3n) is 4.69. The predicted molar refractivity (Wildman–Crippen MR) is 115 cm³/mol. The molecule has 11 heteroatoms. The first kappa shape index (κ1) is 20.1. The number of nitrogens with zero attached hydrogens (tertiary/aromatic N) is 4. The van der Waals surface area contributed by atoms with Gasteiger partial charge in [0.2, 0.25) is 5.91 Å². The van der Waals surface area contributed by atoms with Crippen molar-refractivity contribution < 1.29 is 9.18 Å². The molecule has 8 nitrogen and oxygen atoms in total. The van der Waals surface area contributed by atoms with Gasteiger partial charge in [-0.15, -0.1) is 11.3 Å². The van der Waals surface area contributed by atoms with E-state index >= 15 is 0 Å². The molecule has 0 unspecified atom stereocenters. The van der Waals surface area contributed by atoms with Gasteiger partial charge in [0.05, 0.1) is 23.2 Å². The van der Waals surface area contributed by atoms with E-state index in [1.54, 1.807) is 31.5 Å². The molecule has 4 aromatic rings. The Kier molecular flexibility index (Phi) is 5.08. The minimum absolute atomic E-state index is 0.137. The van der Waals surface area contributed by atoms with Crippen LogP contribution in [-0.4, -0.2) is 24.4 Å². The van der Waals surface area contributed by atoms with Crippen LogP contribution in [-0.2, 0) is 25.3 Å². The van der Waals surface area contributed by atoms with Crippen molar-refractivity contribution in [2.45, 2.75) is 13.3 Å². The second-order valence-corrected chi connectivity index (χ2v) is 8.35. The van der Waals surface area contributed by atoms with E-state index in [0.717, 1.165) is 16.1 Å². The Morgan fingerprint density at radius 2 is 2.00 bits per heavy atom. The average Bonchev–Trinajstić information content (AvgIpc) is 3.34. The SMILES string of the molecule is Cc1ccc(-c2csc(NC(=O)Cc3nsc4c3c(=O)n(C)c(=O)n4C)n2)cc1F. The maximum atomic E-state index is 13.8. The summed E-state index contributed by atoms with van der Waals surface area (Å²) in [7, 11) is 2.94. The summed E-state index contributed by atoms with van der Waals surface area (Å²) in [5, 5.41) is 5.03. The fourth-order valence-corrected chi connectivity index (χ4v) is 4.56. The number of carbonyl (C=O) groups is 1. The second-order valence-electron chi connectivity index (χ2n) is 6.74. The molecule has 0 saturated heterocycles. The Morgan fingerprint density at radius 3 is 2.73 bits per heavy atom. The van der Waals surface area contributed by atoms with Crippen LogP contribution in [0.1, 0.15) is 11.3 Å². The van der Waals surface area contributed by atoms with Crippen LogP contribution >= 0.6 is 22.9 Å². The number of benzene rings is 1. The van der Waals surface area contributed by atoms with E-state index in [9.17, 15) is 18.8 Å². The van der Waals surface area contributed by atoms with E-state index in [1.807, 2.05) is 0 Å². The molecule has 0 aliphatic rings. The number of nitrogens with one attached hydrogen (secondary N) is 1. The minimum atomic E-state index is -0.484. The van der Waals surface area contributed by atoms with Crippen LogP contribution in [0.15, 0.2) is 33.2 Å². The van der Waals surface area contributed by atoms with Gasteiger partial charge in [-0.2, -0.15) is 4.37 Å². The first-order valence-electron chi connectivity index (χ1n) is 8.82. The van der Waals surface area contributed by atoms with Gasteiger partial charge in [-0.1, -0.05) is 12.1 Å². The van der Waals surface area contributed by atoms with Crippen LogP contribution < -0.4 is 16.6 Å². The molecule has 1 amide bonds.